The molecule has 0 saturated carbocycles. The molecule has 0 aliphatic carbocycles. The third kappa shape index (κ3) is 4.63. The normalized spacial score (nSPS) is 16.2. The van der Waals surface area contributed by atoms with Gasteiger partial charge in [0.15, 0.2) is 0 Å². The van der Waals surface area contributed by atoms with Gasteiger partial charge in [-0.1, -0.05) is 17.4 Å². The van der Waals surface area contributed by atoms with Crippen molar-refractivity contribution in [2.75, 3.05) is 36.8 Å². The minimum atomic E-state index is -0.700. The quantitative estimate of drug-likeness (QED) is 0.395. The summed E-state index contributed by atoms with van der Waals surface area (Å²) in [5.41, 5.74) is 5.72. The molecule has 10 heteroatoms. The Morgan fingerprint density at radius 1 is 1.44 bits per heavy atom. The summed E-state index contributed by atoms with van der Waals surface area (Å²) in [6.07, 6.45) is 3.05. The Hall–Kier alpha value is -2.27. The van der Waals surface area contributed by atoms with Crippen LogP contribution >= 0.6 is 11.3 Å². The molecule has 4 N–H and O–H groups in total. The highest BCUT2D eigenvalue weighted by Crippen LogP contribution is 2.35. The number of carbonyl (C=O) groups is 2. The van der Waals surface area contributed by atoms with Gasteiger partial charge in [-0.3, -0.25) is 19.8 Å². The zero-order valence-corrected chi connectivity index (χ0v) is 14.9. The topological polar surface area (TPSA) is 120 Å². The number of amides is 2. The molecule has 2 heterocycles. The number of morpholine rings is 1. The monoisotopic (exact) mass is 367 g/mol. The number of nitrogens with zero attached hydrogens (tertiary/aromatic N) is 3. The minimum Gasteiger partial charge on any atom is -0.379 e. The Kier molecular flexibility index (Phi) is 6.65. The fraction of sp³-hybridized carbons (Fsp3) is 0.400. The summed E-state index contributed by atoms with van der Waals surface area (Å²) in [4.78, 5) is 27.9. The number of hydrogen-bond donors (Lipinski definition) is 3. The van der Waals surface area contributed by atoms with Gasteiger partial charge in [0.25, 0.3) is 11.8 Å². The highest BCUT2D eigenvalue weighted by Gasteiger charge is 2.23. The number of rotatable bonds is 6. The van der Waals surface area contributed by atoms with Gasteiger partial charge < -0.3 is 15.8 Å². The van der Waals surface area contributed by atoms with E-state index in [1.807, 2.05) is 0 Å². The van der Waals surface area contributed by atoms with E-state index in [0.717, 1.165) is 16.5 Å². The van der Waals surface area contributed by atoms with E-state index < -0.39 is 11.8 Å². The smallest absolute Gasteiger partial charge is 0.274 e. The first-order valence-corrected chi connectivity index (χ1v) is 8.51. The van der Waals surface area contributed by atoms with Gasteiger partial charge in [0.1, 0.15) is 15.7 Å². The number of carbonyl (C=O) groups excluding carboxylic acids is 2. The molecule has 1 aromatic heterocycles. The summed E-state index contributed by atoms with van der Waals surface area (Å²) < 4.78 is 5.24. The third-order valence-electron chi connectivity index (χ3n) is 3.44. The number of nitrogens with one attached hydrogen (secondary N) is 1. The fourth-order valence-corrected chi connectivity index (χ4v) is 3.20. The first-order valence-electron chi connectivity index (χ1n) is 7.69. The molecular weight excluding hydrogens is 346 g/mol. The van der Waals surface area contributed by atoms with Gasteiger partial charge in [-0.2, -0.15) is 10.2 Å². The van der Waals surface area contributed by atoms with E-state index in [2.05, 4.69) is 10.3 Å². The van der Waals surface area contributed by atoms with E-state index in [1.54, 1.807) is 24.9 Å². The van der Waals surface area contributed by atoms with Crippen LogP contribution in [0, 0.1) is 0 Å². The molecule has 0 radical (unpaired) electrons. The number of nitrogens with two attached hydrogens (primary N) is 1. The summed E-state index contributed by atoms with van der Waals surface area (Å²) in [5.74, 6) is -1.17. The SMILES string of the molecule is CC=N/C(=C\C)C(=O)Nc1sc(N(O)N2CCOCC2)cc1C(N)=O. The van der Waals surface area contributed by atoms with Gasteiger partial charge in [-0.05, 0) is 19.9 Å². The van der Waals surface area contributed by atoms with Crippen LogP contribution in [0.5, 0.6) is 0 Å². The summed E-state index contributed by atoms with van der Waals surface area (Å²) in [6.45, 7) is 5.39. The van der Waals surface area contributed by atoms with Crippen molar-refractivity contribution in [1.82, 2.24) is 5.01 Å². The van der Waals surface area contributed by atoms with Crippen molar-refractivity contribution in [3.63, 3.8) is 0 Å². The Morgan fingerprint density at radius 2 is 2.12 bits per heavy atom. The Bertz CT molecular complexity index is 694. The number of hydrogen-bond acceptors (Lipinski definition) is 8. The molecule has 25 heavy (non-hydrogen) atoms. The number of anilines is 2. The maximum absolute atomic E-state index is 12.2. The fourth-order valence-electron chi connectivity index (χ4n) is 2.21. The molecule has 2 rings (SSSR count). The highest BCUT2D eigenvalue weighted by molar-refractivity contribution is 7.20. The second kappa shape index (κ2) is 8.72. The lowest BCUT2D eigenvalue weighted by molar-refractivity contribution is -0.112. The minimum absolute atomic E-state index is 0.122. The number of primary amides is 1. The van der Waals surface area contributed by atoms with Gasteiger partial charge in [0, 0.05) is 19.3 Å². The van der Waals surface area contributed by atoms with Crippen molar-refractivity contribution in [2.24, 2.45) is 10.7 Å². The first-order chi connectivity index (χ1) is 12.0. The molecule has 1 aliphatic rings. The van der Waals surface area contributed by atoms with Crippen LogP contribution in [0.1, 0.15) is 24.2 Å². The van der Waals surface area contributed by atoms with E-state index in [0.29, 0.717) is 31.3 Å². The molecule has 9 nitrogen and oxygen atoms in total. The lowest BCUT2D eigenvalue weighted by Crippen LogP contribution is -2.47. The van der Waals surface area contributed by atoms with Crippen molar-refractivity contribution < 1.29 is 19.5 Å². The largest absolute Gasteiger partial charge is 0.379 e. The third-order valence-corrected chi connectivity index (χ3v) is 4.45. The van der Waals surface area contributed by atoms with Gasteiger partial charge in [0.2, 0.25) is 0 Å². The molecule has 1 aromatic rings. The van der Waals surface area contributed by atoms with Gasteiger partial charge >= 0.3 is 0 Å². The van der Waals surface area contributed by atoms with Crippen LogP contribution in [0.4, 0.5) is 10.0 Å². The Labute approximate surface area is 149 Å². The molecular formula is C15H21N5O4S. The summed E-state index contributed by atoms with van der Waals surface area (Å²) in [7, 11) is 0. The van der Waals surface area contributed by atoms with Crippen molar-refractivity contribution >= 4 is 39.4 Å². The van der Waals surface area contributed by atoms with Crippen LogP contribution in [0.15, 0.2) is 22.8 Å². The van der Waals surface area contributed by atoms with E-state index in [1.165, 1.54) is 12.3 Å². The molecule has 1 aliphatic heterocycles. The Morgan fingerprint density at radius 3 is 2.68 bits per heavy atom. The van der Waals surface area contributed by atoms with Crippen LogP contribution < -0.4 is 16.2 Å². The predicted octanol–water partition coefficient (Wildman–Crippen LogP) is 1.22. The molecule has 0 spiro atoms. The van der Waals surface area contributed by atoms with Crippen LogP contribution in [-0.4, -0.2) is 54.5 Å². The zero-order chi connectivity index (χ0) is 18.4. The number of ether oxygens (including phenoxy) is 1. The predicted molar refractivity (Wildman–Crippen MR) is 96.0 cm³/mol. The lowest BCUT2D eigenvalue weighted by atomic mass is 10.3. The van der Waals surface area contributed by atoms with Gasteiger partial charge in [0.05, 0.1) is 18.8 Å². The second-order valence-electron chi connectivity index (χ2n) is 5.06. The average molecular weight is 367 g/mol. The van der Waals surface area contributed by atoms with Crippen LogP contribution in [0.25, 0.3) is 0 Å². The molecule has 0 aromatic carbocycles. The van der Waals surface area contributed by atoms with Crippen molar-refractivity contribution in [3.05, 3.63) is 23.4 Å². The average Bonchev–Trinajstić information content (AvgIpc) is 3.03. The molecule has 136 valence electrons. The molecule has 0 bridgehead atoms. The summed E-state index contributed by atoms with van der Waals surface area (Å²) in [5, 5.41) is 16.2. The van der Waals surface area contributed by atoms with E-state index in [9.17, 15) is 14.8 Å². The summed E-state index contributed by atoms with van der Waals surface area (Å²) >= 11 is 1.05. The number of aliphatic imine (C=N–C) groups is 1. The maximum atomic E-state index is 12.2. The van der Waals surface area contributed by atoms with Crippen molar-refractivity contribution in [3.8, 4) is 0 Å². The van der Waals surface area contributed by atoms with Gasteiger partial charge in [-0.25, -0.2) is 0 Å². The van der Waals surface area contributed by atoms with E-state index in [4.69, 9.17) is 10.5 Å². The first kappa shape index (κ1) is 19.1. The Balaban J connectivity index is 2.24. The van der Waals surface area contributed by atoms with Crippen LogP contribution in [0.3, 0.4) is 0 Å². The number of thiophene rings is 1. The maximum Gasteiger partial charge on any atom is 0.274 e. The second-order valence-corrected chi connectivity index (χ2v) is 6.09. The molecule has 2 amide bonds. The summed E-state index contributed by atoms with van der Waals surface area (Å²) in [6, 6.07) is 1.44. The van der Waals surface area contributed by atoms with Crippen LogP contribution in [-0.2, 0) is 9.53 Å². The lowest BCUT2D eigenvalue weighted by Gasteiger charge is -2.32. The molecule has 0 atom stereocenters. The number of hydrazine groups is 1. The van der Waals surface area contributed by atoms with Crippen LogP contribution in [0.2, 0.25) is 0 Å². The number of allylic oxidation sites excluding steroid dienone is 1. The van der Waals surface area contributed by atoms with Gasteiger partial charge in [-0.15, -0.1) is 0 Å². The molecule has 1 saturated heterocycles. The highest BCUT2D eigenvalue weighted by atomic mass is 32.1. The van der Waals surface area contributed by atoms with E-state index in [-0.39, 0.29) is 16.3 Å². The molecule has 0 unspecified atom stereocenters. The molecule has 1 fully saturated rings. The van der Waals surface area contributed by atoms with E-state index >= 15 is 0 Å². The van der Waals surface area contributed by atoms with Crippen molar-refractivity contribution in [2.45, 2.75) is 13.8 Å². The standard InChI is InChI=1S/C15H21N5O4S/c1-3-11(17-4-2)14(22)18-15-10(13(16)21)9-12(25-15)20(23)19-5-7-24-8-6-19/h3-4,9,23H,5-8H2,1-2H3,(H2,16,21)(H,18,22)/b11-3-,17-4?. The van der Waals surface area contributed by atoms with Crippen molar-refractivity contribution in [1.29, 1.82) is 0 Å². The zero-order valence-electron chi connectivity index (χ0n) is 14.1.